The van der Waals surface area contributed by atoms with Gasteiger partial charge in [0.2, 0.25) is 15.9 Å². The number of methoxy groups -OCH3 is 1. The van der Waals surface area contributed by atoms with Gasteiger partial charge in [-0.25, -0.2) is 13.1 Å². The fraction of sp³-hybridized carbons (Fsp3) is 0.250. The first kappa shape index (κ1) is 17.2. The van der Waals surface area contributed by atoms with Crippen LogP contribution < -0.4 is 9.46 Å². The fourth-order valence-electron chi connectivity index (χ4n) is 2.16. The summed E-state index contributed by atoms with van der Waals surface area (Å²) in [4.78, 5) is 2.95. The van der Waals surface area contributed by atoms with Gasteiger partial charge in [0, 0.05) is 19.2 Å². The molecule has 2 aromatic heterocycles. The van der Waals surface area contributed by atoms with Gasteiger partial charge in [-0.3, -0.25) is 0 Å². The number of nitrogens with one attached hydrogen (secondary N) is 2. The molecule has 0 amide bonds. The van der Waals surface area contributed by atoms with Crippen molar-refractivity contribution in [1.82, 2.24) is 19.9 Å². The Labute approximate surface area is 145 Å². The Hall–Kier alpha value is -2.65. The molecule has 0 bridgehead atoms. The third-order valence-electron chi connectivity index (χ3n) is 3.59. The lowest BCUT2D eigenvalue weighted by Crippen LogP contribution is -2.22. The van der Waals surface area contributed by atoms with Crippen molar-refractivity contribution in [2.75, 3.05) is 7.11 Å². The number of ether oxygens (including phenoxy) is 1. The van der Waals surface area contributed by atoms with Crippen LogP contribution in [0.4, 0.5) is 0 Å². The Morgan fingerprint density at radius 3 is 2.64 bits per heavy atom. The number of benzene rings is 1. The molecule has 2 N–H and O–H groups in total. The van der Waals surface area contributed by atoms with Gasteiger partial charge in [0.15, 0.2) is 0 Å². The average molecular weight is 362 g/mol. The van der Waals surface area contributed by atoms with Gasteiger partial charge < -0.3 is 14.1 Å². The highest BCUT2D eigenvalue weighted by molar-refractivity contribution is 7.89. The van der Waals surface area contributed by atoms with E-state index in [4.69, 9.17) is 9.15 Å². The quantitative estimate of drug-likeness (QED) is 0.666. The van der Waals surface area contributed by atoms with Crippen molar-refractivity contribution in [2.24, 2.45) is 0 Å². The van der Waals surface area contributed by atoms with Gasteiger partial charge in [-0.05, 0) is 23.8 Å². The summed E-state index contributed by atoms with van der Waals surface area (Å²) in [5, 5.41) is 7.75. The molecule has 9 heteroatoms. The second kappa shape index (κ2) is 7.08. The molecule has 132 valence electrons. The zero-order valence-electron chi connectivity index (χ0n) is 13.8. The predicted octanol–water partition coefficient (Wildman–Crippen LogP) is 2.11. The van der Waals surface area contributed by atoms with Crippen molar-refractivity contribution in [3.63, 3.8) is 0 Å². The number of hydrogen-bond donors (Lipinski definition) is 2. The van der Waals surface area contributed by atoms with Crippen molar-refractivity contribution in [3.8, 4) is 17.3 Å². The van der Waals surface area contributed by atoms with Crippen LogP contribution in [-0.4, -0.2) is 30.7 Å². The SMILES string of the molecule is CCc1nnc(-c2cc(S(=O)(=O)NCc3ccc(OC)cc3)c[nH]2)o1. The fourth-order valence-corrected chi connectivity index (χ4v) is 3.17. The monoisotopic (exact) mass is 362 g/mol. The smallest absolute Gasteiger partial charge is 0.264 e. The molecule has 0 radical (unpaired) electrons. The number of aromatic amines is 1. The molecule has 2 heterocycles. The van der Waals surface area contributed by atoms with Gasteiger partial charge in [0.05, 0.1) is 7.11 Å². The minimum atomic E-state index is -3.66. The molecule has 0 unspecified atom stereocenters. The lowest BCUT2D eigenvalue weighted by atomic mass is 10.2. The third kappa shape index (κ3) is 3.89. The lowest BCUT2D eigenvalue weighted by molar-refractivity contribution is 0.414. The van der Waals surface area contributed by atoms with Crippen molar-refractivity contribution < 1.29 is 17.6 Å². The average Bonchev–Trinajstić information content (AvgIpc) is 3.29. The Morgan fingerprint density at radius 2 is 2.00 bits per heavy atom. The minimum absolute atomic E-state index is 0.104. The largest absolute Gasteiger partial charge is 0.497 e. The van der Waals surface area contributed by atoms with E-state index in [1.807, 2.05) is 6.92 Å². The summed E-state index contributed by atoms with van der Waals surface area (Å²) in [6.07, 6.45) is 2.00. The molecule has 0 saturated heterocycles. The van der Waals surface area contributed by atoms with Crippen LogP contribution in [0, 0.1) is 0 Å². The zero-order valence-corrected chi connectivity index (χ0v) is 14.6. The molecule has 0 aliphatic carbocycles. The molecular weight excluding hydrogens is 344 g/mol. The Bertz CT molecular complexity index is 945. The van der Waals surface area contributed by atoms with Crippen LogP contribution in [0.1, 0.15) is 18.4 Å². The van der Waals surface area contributed by atoms with E-state index in [0.717, 1.165) is 5.56 Å². The molecule has 1 aromatic carbocycles. The molecule has 25 heavy (non-hydrogen) atoms. The molecule has 0 atom stereocenters. The van der Waals surface area contributed by atoms with Gasteiger partial charge in [0.25, 0.3) is 5.89 Å². The maximum absolute atomic E-state index is 12.4. The van der Waals surface area contributed by atoms with E-state index in [1.165, 1.54) is 12.3 Å². The third-order valence-corrected chi connectivity index (χ3v) is 4.97. The summed E-state index contributed by atoms with van der Waals surface area (Å²) in [6, 6.07) is 8.62. The highest BCUT2D eigenvalue weighted by Gasteiger charge is 2.18. The van der Waals surface area contributed by atoms with Crippen LogP contribution >= 0.6 is 0 Å². The summed E-state index contributed by atoms with van der Waals surface area (Å²) < 4.78 is 37.9. The minimum Gasteiger partial charge on any atom is -0.497 e. The van der Waals surface area contributed by atoms with E-state index in [2.05, 4.69) is 19.9 Å². The van der Waals surface area contributed by atoms with E-state index in [0.29, 0.717) is 23.8 Å². The molecule has 0 aliphatic rings. The number of aromatic nitrogens is 3. The van der Waals surface area contributed by atoms with E-state index < -0.39 is 10.0 Å². The molecule has 0 fully saturated rings. The maximum atomic E-state index is 12.4. The number of aryl methyl sites for hydroxylation is 1. The summed E-state index contributed by atoms with van der Waals surface area (Å²) in [5.41, 5.74) is 1.28. The summed E-state index contributed by atoms with van der Waals surface area (Å²) >= 11 is 0. The number of H-pyrrole nitrogens is 1. The van der Waals surface area contributed by atoms with E-state index >= 15 is 0 Å². The zero-order chi connectivity index (χ0) is 17.9. The van der Waals surface area contributed by atoms with Crippen LogP contribution in [0.2, 0.25) is 0 Å². The Morgan fingerprint density at radius 1 is 1.24 bits per heavy atom. The Kier molecular flexibility index (Phi) is 4.86. The molecular formula is C16H18N4O4S. The molecule has 0 spiro atoms. The van der Waals surface area contributed by atoms with Gasteiger partial charge in [-0.1, -0.05) is 19.1 Å². The van der Waals surface area contributed by atoms with E-state index in [9.17, 15) is 8.42 Å². The van der Waals surface area contributed by atoms with Gasteiger partial charge >= 0.3 is 0 Å². The lowest BCUT2D eigenvalue weighted by Gasteiger charge is -2.06. The normalized spacial score (nSPS) is 11.6. The maximum Gasteiger partial charge on any atom is 0.264 e. The number of nitrogens with zero attached hydrogens (tertiary/aromatic N) is 2. The second-order valence-corrected chi connectivity index (χ2v) is 7.04. The van der Waals surface area contributed by atoms with Crippen molar-refractivity contribution >= 4 is 10.0 Å². The van der Waals surface area contributed by atoms with Crippen LogP contribution in [-0.2, 0) is 23.0 Å². The molecule has 3 aromatic rings. The number of hydrogen-bond acceptors (Lipinski definition) is 6. The van der Waals surface area contributed by atoms with Crippen LogP contribution in [0.5, 0.6) is 5.75 Å². The first-order chi connectivity index (χ1) is 12.0. The van der Waals surface area contributed by atoms with Crippen molar-refractivity contribution in [2.45, 2.75) is 24.8 Å². The number of sulfonamides is 1. The summed E-state index contributed by atoms with van der Waals surface area (Å²) in [7, 11) is -2.08. The van der Waals surface area contributed by atoms with Gasteiger partial charge in [0.1, 0.15) is 16.3 Å². The van der Waals surface area contributed by atoms with E-state index in [-0.39, 0.29) is 17.3 Å². The highest BCUT2D eigenvalue weighted by Crippen LogP contribution is 2.21. The van der Waals surface area contributed by atoms with Crippen molar-refractivity contribution in [3.05, 3.63) is 48.0 Å². The first-order valence-corrected chi connectivity index (χ1v) is 9.14. The van der Waals surface area contributed by atoms with Crippen LogP contribution in [0.3, 0.4) is 0 Å². The topological polar surface area (TPSA) is 110 Å². The van der Waals surface area contributed by atoms with Crippen LogP contribution in [0.15, 0.2) is 45.8 Å². The summed E-state index contributed by atoms with van der Waals surface area (Å²) in [5.74, 6) is 1.47. The number of rotatable bonds is 7. The summed E-state index contributed by atoms with van der Waals surface area (Å²) in [6.45, 7) is 2.07. The predicted molar refractivity (Wildman–Crippen MR) is 90.5 cm³/mol. The Balaban J connectivity index is 1.71. The highest BCUT2D eigenvalue weighted by atomic mass is 32.2. The second-order valence-electron chi connectivity index (χ2n) is 5.28. The standard InChI is InChI=1S/C16H18N4O4S/c1-3-15-19-20-16(24-15)14-8-13(10-17-14)25(21,22)18-9-11-4-6-12(23-2)7-5-11/h4-8,10,17-18H,3,9H2,1-2H3. The van der Waals surface area contributed by atoms with Crippen LogP contribution in [0.25, 0.3) is 11.6 Å². The van der Waals surface area contributed by atoms with E-state index in [1.54, 1.807) is 31.4 Å². The van der Waals surface area contributed by atoms with Gasteiger partial charge in [-0.2, -0.15) is 0 Å². The molecule has 8 nitrogen and oxygen atoms in total. The van der Waals surface area contributed by atoms with Crippen molar-refractivity contribution in [1.29, 1.82) is 0 Å². The first-order valence-electron chi connectivity index (χ1n) is 7.65. The van der Waals surface area contributed by atoms with Gasteiger partial charge in [-0.15, -0.1) is 10.2 Å². The molecule has 0 aliphatic heterocycles. The molecule has 0 saturated carbocycles. The molecule has 3 rings (SSSR count).